The fourth-order valence-electron chi connectivity index (χ4n) is 3.53. The molecule has 1 aromatic heterocycles. The molecule has 3 rings (SSSR count). The second-order valence-electron chi connectivity index (χ2n) is 9.14. The average molecular weight is 489 g/mol. The molecule has 31 heavy (non-hydrogen) atoms. The van der Waals surface area contributed by atoms with Gasteiger partial charge < -0.3 is 19.6 Å². The fraction of sp³-hybridized carbons (Fsp3) is 0.458. The highest BCUT2D eigenvalue weighted by molar-refractivity contribution is 9.10. The van der Waals surface area contributed by atoms with Crippen LogP contribution in [0.3, 0.4) is 0 Å². The van der Waals surface area contributed by atoms with Crippen molar-refractivity contribution < 1.29 is 9.84 Å². The molecule has 0 bridgehead atoms. The lowest BCUT2D eigenvalue weighted by molar-refractivity contribution is 0.0592. The van der Waals surface area contributed by atoms with Gasteiger partial charge in [0, 0.05) is 25.5 Å². The first-order chi connectivity index (χ1) is 14.5. The Morgan fingerprint density at radius 1 is 1.10 bits per heavy atom. The van der Waals surface area contributed by atoms with Gasteiger partial charge in [0.05, 0.1) is 22.1 Å². The molecule has 6 nitrogen and oxygen atoms in total. The Morgan fingerprint density at radius 2 is 1.74 bits per heavy atom. The molecule has 0 saturated carbocycles. The van der Waals surface area contributed by atoms with Crippen molar-refractivity contribution in [3.63, 3.8) is 0 Å². The van der Waals surface area contributed by atoms with E-state index in [0.29, 0.717) is 6.54 Å². The maximum Gasteiger partial charge on any atom is 0.158 e. The minimum Gasteiger partial charge on any atom is -0.456 e. The van der Waals surface area contributed by atoms with Crippen molar-refractivity contribution in [3.8, 4) is 11.5 Å². The van der Waals surface area contributed by atoms with Crippen molar-refractivity contribution in [2.45, 2.75) is 39.8 Å². The Labute approximate surface area is 193 Å². The average Bonchev–Trinajstić information content (AvgIpc) is 2.98. The third kappa shape index (κ3) is 5.59. The second kappa shape index (κ2) is 9.18. The summed E-state index contributed by atoms with van der Waals surface area (Å²) in [7, 11) is 6.17. The zero-order valence-corrected chi connectivity index (χ0v) is 21.1. The molecule has 0 aliphatic carbocycles. The zero-order valence-electron chi connectivity index (χ0n) is 19.5. The third-order valence-corrected chi connectivity index (χ3v) is 5.81. The molecule has 0 atom stereocenters. The SMILES string of the molecule is Cc1cccc(C)c1Oc1cc2c(N(C)CCN(C)C)nn(CC(C)(C)O)c2cc1Br. The number of aliphatic hydroxyl groups is 1. The molecule has 0 fully saturated rings. The lowest BCUT2D eigenvalue weighted by Gasteiger charge is -2.20. The topological polar surface area (TPSA) is 53.8 Å². The van der Waals surface area contributed by atoms with Crippen LogP contribution in [0.4, 0.5) is 5.82 Å². The van der Waals surface area contributed by atoms with Gasteiger partial charge in [-0.15, -0.1) is 0 Å². The molecule has 0 spiro atoms. The summed E-state index contributed by atoms with van der Waals surface area (Å²) in [6.07, 6.45) is 0. The van der Waals surface area contributed by atoms with Gasteiger partial charge >= 0.3 is 0 Å². The molecule has 1 N–H and O–H groups in total. The van der Waals surface area contributed by atoms with Crippen LogP contribution in [0.15, 0.2) is 34.8 Å². The summed E-state index contributed by atoms with van der Waals surface area (Å²) in [6, 6.07) is 10.2. The van der Waals surface area contributed by atoms with Gasteiger partial charge in [0.15, 0.2) is 5.82 Å². The van der Waals surface area contributed by atoms with Crippen LogP contribution in [0.25, 0.3) is 10.9 Å². The largest absolute Gasteiger partial charge is 0.456 e. The van der Waals surface area contributed by atoms with Crippen molar-refractivity contribution in [2.75, 3.05) is 39.1 Å². The van der Waals surface area contributed by atoms with Crippen molar-refractivity contribution in [1.82, 2.24) is 14.7 Å². The predicted octanol–water partition coefficient (Wildman–Crippen LogP) is 4.98. The van der Waals surface area contributed by atoms with Gasteiger partial charge in [0.1, 0.15) is 11.5 Å². The molecular weight excluding hydrogens is 456 g/mol. The number of fused-ring (bicyclic) bond motifs is 1. The van der Waals surface area contributed by atoms with Crippen LogP contribution in [0.1, 0.15) is 25.0 Å². The number of hydrogen-bond acceptors (Lipinski definition) is 5. The highest BCUT2D eigenvalue weighted by atomic mass is 79.9. The van der Waals surface area contributed by atoms with Crippen molar-refractivity contribution in [1.29, 1.82) is 0 Å². The number of ether oxygens (including phenoxy) is 1. The molecule has 1 heterocycles. The van der Waals surface area contributed by atoms with Gasteiger partial charge in [-0.3, -0.25) is 4.68 Å². The van der Waals surface area contributed by atoms with E-state index >= 15 is 0 Å². The summed E-state index contributed by atoms with van der Waals surface area (Å²) in [5, 5.41) is 16.3. The van der Waals surface area contributed by atoms with Gasteiger partial charge in [0.2, 0.25) is 0 Å². The number of nitrogens with zero attached hydrogens (tertiary/aromatic N) is 4. The van der Waals surface area contributed by atoms with Crippen LogP contribution in [0.2, 0.25) is 0 Å². The quantitative estimate of drug-likeness (QED) is 0.484. The number of rotatable bonds is 8. The van der Waals surface area contributed by atoms with Crippen molar-refractivity contribution >= 4 is 32.7 Å². The maximum absolute atomic E-state index is 10.4. The summed E-state index contributed by atoms with van der Waals surface area (Å²) >= 11 is 3.69. The Kier molecular flexibility index (Phi) is 6.98. The van der Waals surface area contributed by atoms with E-state index in [-0.39, 0.29) is 0 Å². The van der Waals surface area contributed by atoms with Gasteiger partial charge in [-0.2, -0.15) is 5.10 Å². The summed E-state index contributed by atoms with van der Waals surface area (Å²) in [5.41, 5.74) is 2.26. The van der Waals surface area contributed by atoms with Gasteiger partial charge in [-0.25, -0.2) is 0 Å². The number of hydrogen-bond donors (Lipinski definition) is 1. The predicted molar refractivity (Wildman–Crippen MR) is 132 cm³/mol. The summed E-state index contributed by atoms with van der Waals surface area (Å²) in [5.74, 6) is 2.49. The summed E-state index contributed by atoms with van der Waals surface area (Å²) < 4.78 is 9.09. The van der Waals surface area contributed by atoms with Crippen molar-refractivity contribution in [2.24, 2.45) is 0 Å². The van der Waals surface area contributed by atoms with Crippen LogP contribution in [-0.2, 0) is 6.54 Å². The van der Waals surface area contributed by atoms with E-state index in [1.807, 2.05) is 29.9 Å². The molecule has 3 aromatic rings. The lowest BCUT2D eigenvalue weighted by atomic mass is 10.1. The number of benzene rings is 2. The van der Waals surface area contributed by atoms with Crippen LogP contribution in [0.5, 0.6) is 11.5 Å². The monoisotopic (exact) mass is 488 g/mol. The normalized spacial score (nSPS) is 12.1. The molecule has 2 aromatic carbocycles. The standard InChI is InChI=1S/C24H33BrN4O2/c1-16-9-8-10-17(2)22(16)31-21-13-18-20(14-19(21)25)29(15-24(3,4)30)26-23(18)28(7)12-11-27(5)6/h8-10,13-14,30H,11-12,15H2,1-7H3. The first-order valence-electron chi connectivity index (χ1n) is 10.5. The van der Waals surface area contributed by atoms with E-state index < -0.39 is 5.60 Å². The maximum atomic E-state index is 10.4. The Bertz CT molecular complexity index is 1050. The van der Waals surface area contributed by atoms with Crippen molar-refractivity contribution in [3.05, 3.63) is 45.9 Å². The summed E-state index contributed by atoms with van der Waals surface area (Å²) in [6.45, 7) is 9.85. The number of anilines is 1. The van der Waals surface area contributed by atoms with Crippen LogP contribution < -0.4 is 9.64 Å². The molecule has 7 heteroatoms. The number of halogens is 1. The zero-order chi connectivity index (χ0) is 22.9. The Balaban J connectivity index is 2.10. The van der Waals surface area contributed by atoms with E-state index in [1.54, 1.807) is 13.8 Å². The van der Waals surface area contributed by atoms with E-state index in [2.05, 4.69) is 65.8 Å². The molecule has 0 saturated heterocycles. The molecule has 0 aliphatic rings. The van der Waals surface area contributed by atoms with Gasteiger partial charge in [0.25, 0.3) is 0 Å². The fourth-order valence-corrected chi connectivity index (χ4v) is 3.94. The lowest BCUT2D eigenvalue weighted by Crippen LogP contribution is -2.29. The molecule has 168 valence electrons. The Hall–Kier alpha value is -2.09. The first-order valence-corrected chi connectivity index (χ1v) is 11.3. The van der Waals surface area contributed by atoms with Crippen LogP contribution in [-0.4, -0.2) is 59.6 Å². The number of aromatic nitrogens is 2. The van der Waals surface area contributed by atoms with Gasteiger partial charge in [-0.05, 0) is 81.0 Å². The molecule has 0 aliphatic heterocycles. The van der Waals surface area contributed by atoms with E-state index in [0.717, 1.165) is 56.9 Å². The molecule has 0 radical (unpaired) electrons. The minimum atomic E-state index is -0.877. The van der Waals surface area contributed by atoms with E-state index in [4.69, 9.17) is 9.84 Å². The molecule has 0 unspecified atom stereocenters. The van der Waals surface area contributed by atoms with E-state index in [9.17, 15) is 5.11 Å². The Morgan fingerprint density at radius 3 is 2.32 bits per heavy atom. The van der Waals surface area contributed by atoms with Crippen LogP contribution in [0, 0.1) is 13.8 Å². The van der Waals surface area contributed by atoms with E-state index in [1.165, 1.54) is 0 Å². The molecule has 0 amide bonds. The minimum absolute atomic E-state index is 0.397. The van der Waals surface area contributed by atoms with Crippen LogP contribution >= 0.6 is 15.9 Å². The third-order valence-electron chi connectivity index (χ3n) is 5.19. The number of para-hydroxylation sites is 1. The highest BCUT2D eigenvalue weighted by Crippen LogP contribution is 2.39. The number of likely N-dealkylation sites (N-methyl/N-ethyl adjacent to an activating group) is 2. The highest BCUT2D eigenvalue weighted by Gasteiger charge is 2.22. The smallest absolute Gasteiger partial charge is 0.158 e. The summed E-state index contributed by atoms with van der Waals surface area (Å²) in [4.78, 5) is 4.30. The first kappa shape index (κ1) is 23.6. The second-order valence-corrected chi connectivity index (χ2v) is 10.00. The van der Waals surface area contributed by atoms with Gasteiger partial charge in [-0.1, -0.05) is 18.2 Å². The number of aryl methyl sites for hydroxylation is 2. The molecular formula is C24H33BrN4O2.